The lowest BCUT2D eigenvalue weighted by Gasteiger charge is -2.45. The molecule has 3 fully saturated rings. The quantitative estimate of drug-likeness (QED) is 0.204. The van der Waals surface area contributed by atoms with Crippen molar-refractivity contribution in [2.24, 2.45) is 11.8 Å². The van der Waals surface area contributed by atoms with E-state index in [-0.39, 0.29) is 29.0 Å². The normalized spacial score (nSPS) is 36.5. The van der Waals surface area contributed by atoms with Crippen molar-refractivity contribution in [3.05, 3.63) is 48.7 Å². The lowest BCUT2D eigenvalue weighted by molar-refractivity contribution is -0.0441. The number of phosphoric acid groups is 1. The monoisotopic (exact) mass is 688 g/mol. The number of aromatic nitrogens is 7. The number of rotatable bonds is 2. The number of hydrogen-bond donors (Lipinski definition) is 3. The molecule has 4 N–H and O–H groups in total. The molecule has 4 aromatic rings. The summed E-state index contributed by atoms with van der Waals surface area (Å²) in [4.78, 5) is 42.2. The molecule has 1 saturated carbocycles. The molecule has 6 heterocycles. The molecule has 3 aliphatic rings. The summed E-state index contributed by atoms with van der Waals surface area (Å²) < 4.78 is 60.0. The van der Waals surface area contributed by atoms with Crippen LogP contribution in [0.3, 0.4) is 0 Å². The molecule has 2 aliphatic heterocycles. The second kappa shape index (κ2) is 11.0. The minimum absolute atomic E-state index is 0.0866. The third kappa shape index (κ3) is 5.22. The Morgan fingerprint density at radius 3 is 2.70 bits per heavy atom. The van der Waals surface area contributed by atoms with Crippen LogP contribution in [0.25, 0.3) is 22.2 Å². The molecular formula is C23H24ClFN8O8P2S. The number of imidazole rings is 1. The average molecular weight is 689 g/mol. The van der Waals surface area contributed by atoms with E-state index in [2.05, 4.69) is 31.5 Å². The molecule has 9 atom stereocenters. The zero-order chi connectivity index (χ0) is 31.0. The molecule has 1 aliphatic carbocycles. The van der Waals surface area contributed by atoms with Crippen molar-refractivity contribution in [1.29, 1.82) is 0 Å². The van der Waals surface area contributed by atoms with E-state index in [9.17, 15) is 14.4 Å². The van der Waals surface area contributed by atoms with Crippen molar-refractivity contribution >= 4 is 66.0 Å². The number of anilines is 1. The van der Waals surface area contributed by atoms with E-state index in [4.69, 9.17) is 52.0 Å². The predicted molar refractivity (Wildman–Crippen MR) is 155 cm³/mol. The number of nitrogens with zero attached hydrogens (tertiary/aromatic N) is 7. The minimum Gasteiger partial charge on any atom is -0.409 e. The highest BCUT2D eigenvalue weighted by atomic mass is 35.5. The van der Waals surface area contributed by atoms with E-state index in [0.717, 1.165) is 0 Å². The third-order valence-electron chi connectivity index (χ3n) is 7.93. The molecule has 21 heteroatoms. The Morgan fingerprint density at radius 1 is 1.11 bits per heavy atom. The second-order valence-electron chi connectivity index (χ2n) is 10.5. The van der Waals surface area contributed by atoms with Gasteiger partial charge >= 0.3 is 14.5 Å². The van der Waals surface area contributed by atoms with E-state index in [0.29, 0.717) is 23.0 Å². The number of ether oxygens (including phenoxy) is 1. The topological polar surface area (TPSA) is 204 Å². The van der Waals surface area contributed by atoms with Gasteiger partial charge < -0.3 is 33.5 Å². The summed E-state index contributed by atoms with van der Waals surface area (Å²) in [5.74, 6) is -0.944. The summed E-state index contributed by atoms with van der Waals surface area (Å²) in [5, 5.41) is 0.594. The van der Waals surface area contributed by atoms with Crippen LogP contribution in [0.5, 0.6) is 0 Å². The van der Waals surface area contributed by atoms with Crippen LogP contribution in [-0.4, -0.2) is 75.4 Å². The molecule has 0 bridgehead atoms. The first-order valence-corrected chi connectivity index (χ1v) is 17.6. The van der Waals surface area contributed by atoms with Gasteiger partial charge in [0.05, 0.1) is 24.9 Å². The molecule has 0 aromatic carbocycles. The Hall–Kier alpha value is -2.63. The van der Waals surface area contributed by atoms with E-state index in [1.807, 2.05) is 0 Å². The van der Waals surface area contributed by atoms with E-state index < -0.39 is 63.6 Å². The molecular weight excluding hydrogens is 665 g/mol. The van der Waals surface area contributed by atoms with E-state index >= 15 is 4.39 Å². The number of alkyl halides is 1. The Kier molecular flexibility index (Phi) is 7.52. The lowest BCUT2D eigenvalue weighted by Crippen LogP contribution is -2.42. The molecule has 2 unspecified atom stereocenters. The van der Waals surface area contributed by atoms with Gasteiger partial charge in [0.15, 0.2) is 23.9 Å². The highest BCUT2D eigenvalue weighted by Gasteiger charge is 2.52. The maximum absolute atomic E-state index is 16.0. The van der Waals surface area contributed by atoms with Gasteiger partial charge in [0, 0.05) is 18.2 Å². The summed E-state index contributed by atoms with van der Waals surface area (Å²) in [7, 11) is -4.82. The van der Waals surface area contributed by atoms with Crippen LogP contribution in [0.2, 0.25) is 5.15 Å². The van der Waals surface area contributed by atoms with Gasteiger partial charge in [-0.1, -0.05) is 18.2 Å². The van der Waals surface area contributed by atoms with Gasteiger partial charge in [0.1, 0.15) is 46.9 Å². The smallest absolute Gasteiger partial charge is 0.409 e. The van der Waals surface area contributed by atoms with E-state index in [1.54, 1.807) is 10.6 Å². The number of phosphoric ester groups is 1. The van der Waals surface area contributed by atoms with Gasteiger partial charge in [-0.05, 0) is 30.2 Å². The molecule has 44 heavy (non-hydrogen) atoms. The van der Waals surface area contributed by atoms with Gasteiger partial charge in [-0.25, -0.2) is 33.9 Å². The van der Waals surface area contributed by atoms with E-state index in [1.165, 1.54) is 29.7 Å². The van der Waals surface area contributed by atoms with Crippen molar-refractivity contribution in [2.75, 3.05) is 18.9 Å². The van der Waals surface area contributed by atoms with Gasteiger partial charge in [-0.2, -0.15) is 0 Å². The summed E-state index contributed by atoms with van der Waals surface area (Å²) in [6.07, 6.45) is -0.247. The van der Waals surface area contributed by atoms with Crippen LogP contribution < -0.4 is 5.73 Å². The van der Waals surface area contributed by atoms with Crippen molar-refractivity contribution < 1.29 is 41.6 Å². The maximum atomic E-state index is 16.0. The fraction of sp³-hybridized carbons (Fsp3) is 0.435. The largest absolute Gasteiger partial charge is 0.527 e. The van der Waals surface area contributed by atoms with Crippen LogP contribution in [0.4, 0.5) is 10.2 Å². The molecule has 2 saturated heterocycles. The van der Waals surface area contributed by atoms with Crippen LogP contribution >= 0.6 is 26.1 Å². The first-order chi connectivity index (χ1) is 20.9. The number of nitrogen functional groups attached to an aromatic ring is 1. The zero-order valence-corrected chi connectivity index (χ0v) is 25.7. The Bertz CT molecular complexity index is 1880. The highest BCUT2D eigenvalue weighted by molar-refractivity contribution is 8.07. The fourth-order valence-electron chi connectivity index (χ4n) is 5.87. The van der Waals surface area contributed by atoms with Crippen molar-refractivity contribution in [3.8, 4) is 0 Å². The molecule has 7 rings (SSSR count). The van der Waals surface area contributed by atoms with Crippen molar-refractivity contribution in [1.82, 2.24) is 34.1 Å². The molecule has 0 spiro atoms. The molecule has 0 amide bonds. The maximum Gasteiger partial charge on any atom is 0.527 e. The zero-order valence-electron chi connectivity index (χ0n) is 22.4. The number of halogens is 2. The third-order valence-corrected chi connectivity index (χ3v) is 10.7. The number of fused-ring (bicyclic) bond motifs is 4. The summed E-state index contributed by atoms with van der Waals surface area (Å²) in [6, 6.07) is 1.18. The highest BCUT2D eigenvalue weighted by Crippen LogP contribution is 2.58. The Balaban J connectivity index is 1.16. The van der Waals surface area contributed by atoms with Crippen LogP contribution in [0.15, 0.2) is 43.6 Å². The molecule has 0 radical (unpaired) electrons. The second-order valence-corrected chi connectivity index (χ2v) is 15.0. The standard InChI is InChI=1S/C23H24ClFN8O8P2S/c1-10-15-11(4-13(15)33-9-31-17-20(26)28-8-30-22(17)33)5-38-43(36,44)41-18-14(6-37-42(34,35)40-10)39-23(16(18)25)32-3-2-12-19(24)27-7-29-21(12)32/h2-3,7-9,11,13-16,18,23H,1,4-6H2,(H,34,35)(H,36,44)(H2,26,28,30)/t11-,13-,14-,15-,16+,18-,23-,43?/m1/s1. The lowest BCUT2D eigenvalue weighted by atomic mass is 9.68. The average Bonchev–Trinajstić information content (AvgIpc) is 3.64. The summed E-state index contributed by atoms with van der Waals surface area (Å²) in [6.45, 7) is -1.03. The molecule has 4 aromatic heterocycles. The van der Waals surface area contributed by atoms with Gasteiger partial charge in [-0.15, -0.1) is 0 Å². The van der Waals surface area contributed by atoms with Crippen molar-refractivity contribution in [2.45, 2.75) is 37.1 Å². The van der Waals surface area contributed by atoms with Crippen LogP contribution in [0.1, 0.15) is 18.7 Å². The van der Waals surface area contributed by atoms with Gasteiger partial charge in [-0.3, -0.25) is 13.9 Å². The minimum atomic E-state index is -4.82. The van der Waals surface area contributed by atoms with Crippen LogP contribution in [0, 0.1) is 11.8 Å². The number of hydrogen-bond acceptors (Lipinski definition) is 13. The first kappa shape index (κ1) is 30.0. The fourth-order valence-corrected chi connectivity index (χ4v) is 8.35. The van der Waals surface area contributed by atoms with Crippen molar-refractivity contribution in [3.63, 3.8) is 0 Å². The first-order valence-electron chi connectivity index (χ1n) is 13.1. The Labute approximate surface area is 257 Å². The Morgan fingerprint density at radius 2 is 1.89 bits per heavy atom. The number of nitrogens with two attached hydrogens (primary N) is 1. The van der Waals surface area contributed by atoms with Gasteiger partial charge in [0.2, 0.25) is 0 Å². The predicted octanol–water partition coefficient (Wildman–Crippen LogP) is 3.20. The van der Waals surface area contributed by atoms with Crippen LogP contribution in [-0.2, 0) is 39.2 Å². The summed E-state index contributed by atoms with van der Waals surface area (Å²) in [5.41, 5.74) is 7.01. The number of allylic oxidation sites excluding steroid dienone is 1. The molecule has 234 valence electrons. The van der Waals surface area contributed by atoms with Gasteiger partial charge in [0.25, 0.3) is 0 Å². The SMILES string of the molecule is C=C1OP(=O)(O)OC[C@H]2O[C@@H](n3ccc4c(Cl)ncnc43)[C@@H](F)[C@@H]2OP(O)(=S)OC[C@H]2C[C@@H](n3cnc4c(N)ncnc43)[C@H]12. The molecule has 16 nitrogen and oxygen atoms in total. The summed E-state index contributed by atoms with van der Waals surface area (Å²) >= 11 is 11.4.